The molecule has 7 heteroatoms. The second-order valence-electron chi connectivity index (χ2n) is 0.908. The third-order valence-electron chi connectivity index (χ3n) is 0. The molecule has 0 fully saturated rings. The molecule has 0 atom stereocenters. The maximum Gasteiger partial charge on any atom is 2.00 e. The molecule has 5 nitrogen and oxygen atoms in total. The first-order chi connectivity index (χ1) is 3.41. The van der Waals surface area contributed by atoms with E-state index in [0.29, 0.717) is 0 Å². The van der Waals surface area contributed by atoms with E-state index in [4.69, 9.17) is 17.5 Å². The van der Waals surface area contributed by atoms with Gasteiger partial charge in [0.15, 0.2) is 0 Å². The minimum absolute atomic E-state index is 0. The fraction of sp³-hybridized carbons (Fsp3) is 1.00. The molecular formula is C2H7NO4SZn. The van der Waals surface area contributed by atoms with E-state index in [1.165, 1.54) is 0 Å². The van der Waals surface area contributed by atoms with Crippen LogP contribution in [-0.4, -0.2) is 31.6 Å². The van der Waals surface area contributed by atoms with Crippen LogP contribution < -0.4 is 5.32 Å². The van der Waals surface area contributed by atoms with Gasteiger partial charge in [-0.2, -0.15) is 0 Å². The van der Waals surface area contributed by atoms with Crippen LogP contribution in [0.15, 0.2) is 0 Å². The zero-order valence-electron chi connectivity index (χ0n) is 5.25. The van der Waals surface area contributed by atoms with Crippen molar-refractivity contribution in [3.63, 3.8) is 0 Å². The summed E-state index contributed by atoms with van der Waals surface area (Å²) in [6.07, 6.45) is 0. The average molecular weight is 207 g/mol. The second kappa shape index (κ2) is 8.45. The maximum absolute atomic E-state index is 8.52. The summed E-state index contributed by atoms with van der Waals surface area (Å²) < 4.78 is 34.1. The van der Waals surface area contributed by atoms with Crippen LogP contribution in [0.3, 0.4) is 0 Å². The van der Waals surface area contributed by atoms with Crippen molar-refractivity contribution >= 4 is 10.4 Å². The maximum atomic E-state index is 8.52. The minimum atomic E-state index is -5.17. The van der Waals surface area contributed by atoms with E-state index in [2.05, 4.69) is 5.32 Å². The molecule has 0 bridgehead atoms. The van der Waals surface area contributed by atoms with Crippen molar-refractivity contribution < 1.29 is 37.0 Å². The average Bonchev–Trinajstić information content (AvgIpc) is 1.27. The van der Waals surface area contributed by atoms with E-state index in [9.17, 15) is 0 Å². The molecule has 0 rings (SSSR count). The molecule has 0 aliphatic carbocycles. The molecule has 0 unspecified atom stereocenters. The van der Waals surface area contributed by atoms with Gasteiger partial charge in [-0.15, -0.1) is 0 Å². The molecule has 9 heavy (non-hydrogen) atoms. The van der Waals surface area contributed by atoms with Gasteiger partial charge in [0.25, 0.3) is 0 Å². The smallest absolute Gasteiger partial charge is 0.759 e. The summed E-state index contributed by atoms with van der Waals surface area (Å²) in [5.74, 6) is 0. The zero-order chi connectivity index (χ0) is 7.21. The van der Waals surface area contributed by atoms with Crippen molar-refractivity contribution in [2.45, 2.75) is 0 Å². The normalized spacial score (nSPS) is 8.44. The molecule has 0 aromatic carbocycles. The number of nitrogens with one attached hydrogen (secondary N) is 1. The molecular weight excluding hydrogens is 199 g/mol. The fourth-order valence-corrected chi connectivity index (χ4v) is 0. The van der Waals surface area contributed by atoms with Crippen LogP contribution in [0.2, 0.25) is 0 Å². The Bertz CT molecular complexity index is 113. The Morgan fingerprint density at radius 3 is 1.22 bits per heavy atom. The van der Waals surface area contributed by atoms with E-state index in [1.54, 1.807) is 0 Å². The van der Waals surface area contributed by atoms with E-state index < -0.39 is 10.4 Å². The number of hydrogen-bond acceptors (Lipinski definition) is 5. The van der Waals surface area contributed by atoms with Gasteiger partial charge in [0, 0.05) is 10.4 Å². The van der Waals surface area contributed by atoms with Crippen LogP contribution in [0, 0.1) is 0 Å². The van der Waals surface area contributed by atoms with Crippen LogP contribution in [0.5, 0.6) is 0 Å². The van der Waals surface area contributed by atoms with Gasteiger partial charge in [0.2, 0.25) is 0 Å². The molecule has 52 valence electrons. The molecule has 0 heterocycles. The van der Waals surface area contributed by atoms with Gasteiger partial charge in [-0.1, -0.05) is 0 Å². The summed E-state index contributed by atoms with van der Waals surface area (Å²) in [4.78, 5) is 0. The van der Waals surface area contributed by atoms with Gasteiger partial charge in [-0.25, -0.2) is 0 Å². The first kappa shape index (κ1) is 16.2. The van der Waals surface area contributed by atoms with Crippen molar-refractivity contribution in [1.29, 1.82) is 0 Å². The van der Waals surface area contributed by atoms with Gasteiger partial charge in [-0.05, 0) is 14.1 Å². The number of rotatable bonds is 0. The van der Waals surface area contributed by atoms with E-state index in [-0.39, 0.29) is 19.5 Å². The van der Waals surface area contributed by atoms with Crippen molar-refractivity contribution in [3.8, 4) is 0 Å². The van der Waals surface area contributed by atoms with Crippen molar-refractivity contribution in [3.05, 3.63) is 0 Å². The predicted octanol–water partition coefficient (Wildman–Crippen LogP) is -1.50. The van der Waals surface area contributed by atoms with Crippen LogP contribution in [0.4, 0.5) is 0 Å². The zero-order valence-corrected chi connectivity index (χ0v) is 9.03. The van der Waals surface area contributed by atoms with E-state index >= 15 is 0 Å². The molecule has 0 amide bonds. The van der Waals surface area contributed by atoms with Gasteiger partial charge in [0.05, 0.1) is 0 Å². The van der Waals surface area contributed by atoms with Gasteiger partial charge < -0.3 is 14.4 Å². The molecule has 0 spiro atoms. The Hall–Kier alpha value is 0.453. The van der Waals surface area contributed by atoms with Crippen LogP contribution in [-0.2, 0) is 29.9 Å². The molecule has 0 aliphatic heterocycles. The summed E-state index contributed by atoms with van der Waals surface area (Å²) in [7, 11) is -1.42. The Balaban J connectivity index is -0.0000000800. The molecule has 0 aromatic rings. The molecule has 0 saturated heterocycles. The SMILES string of the molecule is CNC.O=S(=O)([O-])[O-].[Zn+2]. The molecule has 0 radical (unpaired) electrons. The quantitative estimate of drug-likeness (QED) is 0.296. The summed E-state index contributed by atoms with van der Waals surface area (Å²) >= 11 is 0. The van der Waals surface area contributed by atoms with Crippen molar-refractivity contribution in [2.75, 3.05) is 14.1 Å². The molecule has 0 saturated carbocycles. The summed E-state index contributed by atoms with van der Waals surface area (Å²) in [6, 6.07) is 0. The Labute approximate surface area is 67.2 Å². The Kier molecular flexibility index (Phi) is 15.2. The summed E-state index contributed by atoms with van der Waals surface area (Å²) in [5.41, 5.74) is 0. The largest absolute Gasteiger partial charge is 2.00 e. The van der Waals surface area contributed by atoms with Gasteiger partial charge >= 0.3 is 19.5 Å². The van der Waals surface area contributed by atoms with Crippen LogP contribution in [0.1, 0.15) is 0 Å². The standard InChI is InChI=1S/C2H7N.H2O4S.Zn/c1-3-2;1-5(2,3)4;/h3H,1-2H3;(H2,1,2,3,4);/q;;+2/p-2. The van der Waals surface area contributed by atoms with Gasteiger partial charge in [0.1, 0.15) is 0 Å². The van der Waals surface area contributed by atoms with Crippen LogP contribution in [0.25, 0.3) is 0 Å². The molecule has 1 N–H and O–H groups in total. The topological polar surface area (TPSA) is 92.3 Å². The fourth-order valence-electron chi connectivity index (χ4n) is 0. The minimum Gasteiger partial charge on any atom is -0.759 e. The van der Waals surface area contributed by atoms with E-state index in [0.717, 1.165) is 0 Å². The molecule has 0 aromatic heterocycles. The summed E-state index contributed by atoms with van der Waals surface area (Å²) in [5, 5.41) is 2.75. The van der Waals surface area contributed by atoms with Crippen LogP contribution >= 0.6 is 0 Å². The van der Waals surface area contributed by atoms with Gasteiger partial charge in [-0.3, -0.25) is 8.42 Å². The Morgan fingerprint density at radius 1 is 1.22 bits per heavy atom. The summed E-state index contributed by atoms with van der Waals surface area (Å²) in [6.45, 7) is 0. The Morgan fingerprint density at radius 2 is 1.22 bits per heavy atom. The first-order valence-corrected chi connectivity index (χ1v) is 3.00. The van der Waals surface area contributed by atoms with Crippen molar-refractivity contribution in [1.82, 2.24) is 5.32 Å². The third-order valence-corrected chi connectivity index (χ3v) is 0. The van der Waals surface area contributed by atoms with Crippen molar-refractivity contribution in [2.24, 2.45) is 0 Å². The van der Waals surface area contributed by atoms with E-state index in [1.807, 2.05) is 14.1 Å². The third kappa shape index (κ3) is 1710. The molecule has 0 aliphatic rings. The second-order valence-corrected chi connectivity index (χ2v) is 1.72. The monoisotopic (exact) mass is 205 g/mol. The number of hydrogen-bond donors (Lipinski definition) is 1. The first-order valence-electron chi connectivity index (χ1n) is 1.67. The predicted molar refractivity (Wildman–Crippen MR) is 25.5 cm³/mol.